The van der Waals surface area contributed by atoms with Crippen molar-refractivity contribution in [1.29, 1.82) is 0 Å². The number of nitrogens with zero attached hydrogens (tertiary/aromatic N) is 1. The summed E-state index contributed by atoms with van der Waals surface area (Å²) in [5, 5.41) is 0. The van der Waals surface area contributed by atoms with Crippen molar-refractivity contribution in [2.75, 3.05) is 19.7 Å². The summed E-state index contributed by atoms with van der Waals surface area (Å²) in [5.74, 6) is 5.36. The van der Waals surface area contributed by atoms with Gasteiger partial charge in [0.1, 0.15) is 17.5 Å². The van der Waals surface area contributed by atoms with Gasteiger partial charge in [-0.05, 0) is 80.7 Å². The van der Waals surface area contributed by atoms with Crippen LogP contribution in [0.25, 0.3) is 0 Å². The zero-order chi connectivity index (χ0) is 22.9. The Balaban J connectivity index is 1.48. The molecule has 5 nitrogen and oxygen atoms in total. The first kappa shape index (κ1) is 22.3. The van der Waals surface area contributed by atoms with E-state index in [1.807, 2.05) is 30.9 Å². The highest BCUT2D eigenvalue weighted by atomic mass is 16.5. The SMILES string of the molecule is CC#Cc1cc(C)c(C2C(=O)CC3(CCN(C(=O)C4=COCCC4)CC3)CC2=O)c(C)c1. The van der Waals surface area contributed by atoms with E-state index in [0.29, 0.717) is 45.4 Å². The lowest BCUT2D eigenvalue weighted by Gasteiger charge is -2.45. The Bertz CT molecular complexity index is 1000. The van der Waals surface area contributed by atoms with Crippen LogP contribution in [0.1, 0.15) is 73.6 Å². The number of ketones is 2. The van der Waals surface area contributed by atoms with E-state index in [9.17, 15) is 14.4 Å². The summed E-state index contributed by atoms with van der Waals surface area (Å²) in [6, 6.07) is 3.94. The standard InChI is InChI=1S/C27H31NO4/c1-4-6-20-13-18(2)24(19(3)14-20)25-22(29)15-27(16-23(25)30)8-10-28(11-9-27)26(31)21-7-5-12-32-17-21/h13-14,17,25H,5,7-12,15-16H2,1-3H3. The predicted molar refractivity (Wildman–Crippen MR) is 122 cm³/mol. The molecule has 32 heavy (non-hydrogen) atoms. The van der Waals surface area contributed by atoms with E-state index in [0.717, 1.165) is 40.7 Å². The Kier molecular flexibility index (Phi) is 6.24. The predicted octanol–water partition coefficient (Wildman–Crippen LogP) is 3.99. The van der Waals surface area contributed by atoms with Gasteiger partial charge in [-0.3, -0.25) is 14.4 Å². The van der Waals surface area contributed by atoms with Crippen LogP contribution in [0.2, 0.25) is 0 Å². The number of carbonyl (C=O) groups is 3. The van der Waals surface area contributed by atoms with Gasteiger partial charge < -0.3 is 9.64 Å². The average Bonchev–Trinajstić information content (AvgIpc) is 2.76. The second kappa shape index (κ2) is 8.94. The second-order valence-electron chi connectivity index (χ2n) is 9.53. The van der Waals surface area contributed by atoms with Crippen molar-refractivity contribution >= 4 is 17.5 Å². The molecule has 3 aliphatic rings. The van der Waals surface area contributed by atoms with Crippen LogP contribution in [-0.2, 0) is 19.1 Å². The van der Waals surface area contributed by atoms with Gasteiger partial charge in [0.2, 0.25) is 0 Å². The fourth-order valence-electron chi connectivity index (χ4n) is 5.62. The zero-order valence-electron chi connectivity index (χ0n) is 19.3. The maximum Gasteiger partial charge on any atom is 0.252 e. The highest BCUT2D eigenvalue weighted by Crippen LogP contribution is 2.46. The molecule has 0 N–H and O–H groups in total. The maximum atomic E-state index is 13.3. The first-order valence-corrected chi connectivity index (χ1v) is 11.5. The Morgan fingerprint density at radius 1 is 1.09 bits per heavy atom. The molecule has 1 amide bonds. The van der Waals surface area contributed by atoms with Gasteiger partial charge in [0.15, 0.2) is 0 Å². The van der Waals surface area contributed by atoms with Crippen molar-refractivity contribution in [3.63, 3.8) is 0 Å². The molecule has 0 radical (unpaired) electrons. The third-order valence-electron chi connectivity index (χ3n) is 7.21. The molecule has 5 heteroatoms. The lowest BCUT2D eigenvalue weighted by atomic mass is 9.62. The Labute approximate surface area is 190 Å². The van der Waals surface area contributed by atoms with Crippen LogP contribution in [0, 0.1) is 31.1 Å². The molecule has 1 saturated carbocycles. The van der Waals surface area contributed by atoms with Crippen LogP contribution < -0.4 is 0 Å². The van der Waals surface area contributed by atoms with Gasteiger partial charge in [-0.15, -0.1) is 5.92 Å². The first-order valence-electron chi connectivity index (χ1n) is 11.5. The number of benzene rings is 1. The monoisotopic (exact) mass is 433 g/mol. The molecule has 0 unspecified atom stereocenters. The molecule has 4 rings (SSSR count). The minimum atomic E-state index is -0.673. The third kappa shape index (κ3) is 4.24. The van der Waals surface area contributed by atoms with Crippen LogP contribution in [-0.4, -0.2) is 42.1 Å². The smallest absolute Gasteiger partial charge is 0.252 e. The molecule has 1 aliphatic carbocycles. The number of hydrogen-bond donors (Lipinski definition) is 0. The van der Waals surface area contributed by atoms with Crippen molar-refractivity contribution < 1.29 is 19.1 Å². The highest BCUT2D eigenvalue weighted by molar-refractivity contribution is 6.10. The van der Waals surface area contributed by atoms with E-state index in [-0.39, 0.29) is 22.9 Å². The fourth-order valence-corrected chi connectivity index (χ4v) is 5.62. The third-order valence-corrected chi connectivity index (χ3v) is 7.21. The molecule has 1 aromatic carbocycles. The van der Waals surface area contributed by atoms with E-state index < -0.39 is 5.92 Å². The van der Waals surface area contributed by atoms with Crippen LogP contribution in [0.3, 0.4) is 0 Å². The number of rotatable bonds is 2. The van der Waals surface area contributed by atoms with Crippen LogP contribution >= 0.6 is 0 Å². The minimum Gasteiger partial charge on any atom is -0.501 e. The van der Waals surface area contributed by atoms with Crippen LogP contribution in [0.15, 0.2) is 24.0 Å². The molecule has 168 valence electrons. The molecule has 1 saturated heterocycles. The van der Waals surface area contributed by atoms with E-state index >= 15 is 0 Å². The van der Waals surface area contributed by atoms with Gasteiger partial charge in [0.05, 0.1) is 18.4 Å². The summed E-state index contributed by atoms with van der Waals surface area (Å²) in [5.41, 5.74) is 4.09. The lowest BCUT2D eigenvalue weighted by Crippen LogP contribution is -2.48. The average molecular weight is 434 g/mol. The summed E-state index contributed by atoms with van der Waals surface area (Å²) in [7, 11) is 0. The molecular weight excluding hydrogens is 402 g/mol. The van der Waals surface area contributed by atoms with E-state index in [1.165, 1.54) is 0 Å². The number of likely N-dealkylation sites (tertiary alicyclic amines) is 1. The second-order valence-corrected chi connectivity index (χ2v) is 9.53. The van der Waals surface area contributed by atoms with E-state index in [4.69, 9.17) is 4.74 Å². The topological polar surface area (TPSA) is 63.7 Å². The molecule has 2 heterocycles. The Hall–Kier alpha value is -2.87. The fraction of sp³-hybridized carbons (Fsp3) is 0.519. The van der Waals surface area contributed by atoms with Gasteiger partial charge in [-0.1, -0.05) is 5.92 Å². The normalized spacial score (nSPS) is 21.0. The number of aryl methyl sites for hydroxylation is 2. The minimum absolute atomic E-state index is 0.0185. The zero-order valence-corrected chi connectivity index (χ0v) is 19.3. The highest BCUT2D eigenvalue weighted by Gasteiger charge is 2.48. The Morgan fingerprint density at radius 2 is 1.72 bits per heavy atom. The van der Waals surface area contributed by atoms with Crippen molar-refractivity contribution in [3.8, 4) is 11.8 Å². The molecule has 1 aromatic rings. The van der Waals surface area contributed by atoms with Crippen molar-refractivity contribution in [2.24, 2.45) is 5.41 Å². The maximum absolute atomic E-state index is 13.3. The number of carbonyl (C=O) groups excluding carboxylic acids is 3. The van der Waals surface area contributed by atoms with Crippen molar-refractivity contribution in [2.45, 2.75) is 65.2 Å². The van der Waals surface area contributed by atoms with E-state index in [2.05, 4.69) is 11.8 Å². The van der Waals surface area contributed by atoms with Gasteiger partial charge in [0.25, 0.3) is 5.91 Å². The van der Waals surface area contributed by atoms with Crippen LogP contribution in [0.5, 0.6) is 0 Å². The summed E-state index contributed by atoms with van der Waals surface area (Å²) < 4.78 is 5.32. The van der Waals surface area contributed by atoms with Crippen molar-refractivity contribution in [3.05, 3.63) is 46.2 Å². The van der Waals surface area contributed by atoms with Gasteiger partial charge in [-0.25, -0.2) is 0 Å². The largest absolute Gasteiger partial charge is 0.501 e. The summed E-state index contributed by atoms with van der Waals surface area (Å²) in [6.07, 6.45) is 5.42. The number of piperidine rings is 1. The molecular formula is C27H31NO4. The quantitative estimate of drug-likeness (QED) is 0.523. The van der Waals surface area contributed by atoms with Gasteiger partial charge in [-0.2, -0.15) is 0 Å². The molecule has 1 spiro atoms. The molecule has 0 bridgehead atoms. The molecule has 0 aromatic heterocycles. The number of Topliss-reactive ketones (excluding diaryl/α,β-unsaturated/α-hetero) is 2. The lowest BCUT2D eigenvalue weighted by molar-refractivity contribution is -0.139. The number of amides is 1. The first-order chi connectivity index (χ1) is 15.3. The van der Waals surface area contributed by atoms with Gasteiger partial charge >= 0.3 is 0 Å². The molecule has 0 atom stereocenters. The molecule has 2 fully saturated rings. The summed E-state index contributed by atoms with van der Waals surface area (Å²) in [6.45, 7) is 7.56. The summed E-state index contributed by atoms with van der Waals surface area (Å²) in [4.78, 5) is 41.2. The van der Waals surface area contributed by atoms with E-state index in [1.54, 1.807) is 13.2 Å². The van der Waals surface area contributed by atoms with Crippen LogP contribution in [0.4, 0.5) is 0 Å². The number of hydrogen-bond acceptors (Lipinski definition) is 4. The number of ether oxygens (including phenoxy) is 1. The summed E-state index contributed by atoms with van der Waals surface area (Å²) >= 11 is 0. The van der Waals surface area contributed by atoms with Crippen molar-refractivity contribution in [1.82, 2.24) is 4.90 Å². The van der Waals surface area contributed by atoms with Gasteiger partial charge in [0, 0.05) is 31.5 Å². The molecule has 2 aliphatic heterocycles. The Morgan fingerprint density at radius 3 is 2.25 bits per heavy atom.